The predicted molar refractivity (Wildman–Crippen MR) is 289 cm³/mol. The second kappa shape index (κ2) is 49.4. The lowest BCUT2D eigenvalue weighted by Crippen LogP contribution is -2.30. The molecule has 0 aromatic rings. The normalized spacial score (nSPS) is 14.9. The van der Waals surface area contributed by atoms with Gasteiger partial charge in [0.05, 0.1) is 26.4 Å². The van der Waals surface area contributed by atoms with Crippen molar-refractivity contribution in [2.45, 2.75) is 284 Å². The van der Waals surface area contributed by atoms with E-state index in [1.54, 1.807) is 0 Å². The van der Waals surface area contributed by atoms with Crippen LogP contribution in [0.5, 0.6) is 0 Å². The van der Waals surface area contributed by atoms with E-state index in [-0.39, 0.29) is 25.7 Å². The summed E-state index contributed by atoms with van der Waals surface area (Å²) >= 11 is 0. The second-order valence-electron chi connectivity index (χ2n) is 20.2. The molecule has 0 spiro atoms. The lowest BCUT2D eigenvalue weighted by molar-refractivity contribution is -0.161. The molecule has 0 aliphatic heterocycles. The average molecular weight is 1100 g/mol. The van der Waals surface area contributed by atoms with Crippen LogP contribution in [0.15, 0.2) is 0 Å². The van der Waals surface area contributed by atoms with Crippen molar-refractivity contribution in [3.05, 3.63) is 0 Å². The van der Waals surface area contributed by atoms with Gasteiger partial charge in [-0.2, -0.15) is 0 Å². The molecule has 0 rings (SSSR count). The Kier molecular flexibility index (Phi) is 48.1. The van der Waals surface area contributed by atoms with Gasteiger partial charge in [0.2, 0.25) is 0 Å². The molecule has 0 radical (unpaired) electrons. The molecular formula is C55H106O17P2. The van der Waals surface area contributed by atoms with Gasteiger partial charge in [-0.25, -0.2) is 9.13 Å². The number of unbranched alkanes of at least 4 members (excludes halogenated alkanes) is 26. The van der Waals surface area contributed by atoms with Crippen molar-refractivity contribution in [1.29, 1.82) is 0 Å². The van der Waals surface area contributed by atoms with E-state index in [4.69, 9.17) is 37.0 Å². The number of carbonyl (C=O) groups is 4. The molecule has 0 aliphatic rings. The third-order valence-electron chi connectivity index (χ3n) is 12.9. The molecule has 74 heavy (non-hydrogen) atoms. The first-order valence-electron chi connectivity index (χ1n) is 29.2. The Hall–Kier alpha value is -1.94. The Bertz CT molecular complexity index is 1470. The van der Waals surface area contributed by atoms with E-state index in [9.17, 15) is 43.2 Å². The molecule has 17 nitrogen and oxygen atoms in total. The Morgan fingerprint density at radius 3 is 0.959 bits per heavy atom. The number of aliphatic hydroxyl groups is 1. The van der Waals surface area contributed by atoms with Crippen LogP contribution in [-0.4, -0.2) is 96.7 Å². The number of phosphoric acid groups is 2. The highest BCUT2D eigenvalue weighted by molar-refractivity contribution is 7.47. The van der Waals surface area contributed by atoms with Crippen LogP contribution in [0.3, 0.4) is 0 Å². The van der Waals surface area contributed by atoms with Crippen LogP contribution in [0, 0.1) is 5.92 Å². The molecule has 0 aromatic carbocycles. The number of hydrogen-bond acceptors (Lipinski definition) is 15. The molecule has 0 fully saturated rings. The van der Waals surface area contributed by atoms with Gasteiger partial charge in [-0.05, 0) is 31.6 Å². The molecular weight excluding hydrogens is 995 g/mol. The van der Waals surface area contributed by atoms with Crippen LogP contribution in [0.4, 0.5) is 0 Å². The summed E-state index contributed by atoms with van der Waals surface area (Å²) in [5.74, 6) is -1.36. The van der Waals surface area contributed by atoms with Gasteiger partial charge in [0.15, 0.2) is 12.2 Å². The van der Waals surface area contributed by atoms with Crippen LogP contribution in [-0.2, 0) is 65.4 Å². The highest BCUT2D eigenvalue weighted by atomic mass is 31.2. The molecule has 0 aliphatic carbocycles. The molecule has 0 amide bonds. The maximum atomic E-state index is 12.9. The largest absolute Gasteiger partial charge is 0.472 e. The zero-order valence-corrected chi connectivity index (χ0v) is 48.7. The Labute approximate surface area is 447 Å². The minimum Gasteiger partial charge on any atom is -0.462 e. The number of ether oxygens (including phenoxy) is 4. The monoisotopic (exact) mass is 1100 g/mol. The van der Waals surface area contributed by atoms with Crippen molar-refractivity contribution in [3.63, 3.8) is 0 Å². The Morgan fingerprint density at radius 2 is 0.649 bits per heavy atom. The number of hydrogen-bond donors (Lipinski definition) is 3. The first-order valence-corrected chi connectivity index (χ1v) is 32.2. The van der Waals surface area contributed by atoms with Crippen LogP contribution in [0.2, 0.25) is 0 Å². The third-order valence-corrected chi connectivity index (χ3v) is 14.8. The third kappa shape index (κ3) is 48.4. The molecule has 3 unspecified atom stereocenters. The van der Waals surface area contributed by atoms with Gasteiger partial charge in [-0.15, -0.1) is 0 Å². The minimum atomic E-state index is -4.93. The maximum absolute atomic E-state index is 12.9. The fourth-order valence-electron chi connectivity index (χ4n) is 7.96. The molecule has 0 aromatic heterocycles. The van der Waals surface area contributed by atoms with Crippen molar-refractivity contribution in [1.82, 2.24) is 0 Å². The van der Waals surface area contributed by atoms with Gasteiger partial charge in [-0.3, -0.25) is 37.3 Å². The summed E-state index contributed by atoms with van der Waals surface area (Å²) in [5, 5.41) is 10.4. The highest BCUT2D eigenvalue weighted by Crippen LogP contribution is 2.45. The molecule has 0 bridgehead atoms. The minimum absolute atomic E-state index is 0.103. The van der Waals surface area contributed by atoms with Gasteiger partial charge in [0, 0.05) is 25.7 Å². The first kappa shape index (κ1) is 72.1. The van der Waals surface area contributed by atoms with E-state index in [1.807, 2.05) is 0 Å². The summed E-state index contributed by atoms with van der Waals surface area (Å²) in [6.07, 6.45) is 29.8. The second-order valence-corrected chi connectivity index (χ2v) is 23.1. The lowest BCUT2D eigenvalue weighted by Gasteiger charge is -2.21. The SMILES string of the molecule is CCCCCCCCCCC(=O)OC[C@H](COP(=O)(O)OC[C@@H](O)COP(=O)(O)OC[C@@H](COC(=O)CCCCCCC)OC(=O)CCCCCCCCC)OC(=O)CCCCCCCCCCCCC(C)CC. The van der Waals surface area contributed by atoms with Crippen molar-refractivity contribution in [3.8, 4) is 0 Å². The van der Waals surface area contributed by atoms with E-state index in [1.165, 1.54) is 64.2 Å². The zero-order chi connectivity index (χ0) is 55.0. The number of carbonyl (C=O) groups excluding carboxylic acids is 4. The van der Waals surface area contributed by atoms with Gasteiger partial charge >= 0.3 is 39.5 Å². The fourth-order valence-corrected chi connectivity index (χ4v) is 9.54. The number of aliphatic hydroxyl groups excluding tert-OH is 1. The molecule has 19 heteroatoms. The van der Waals surface area contributed by atoms with E-state index >= 15 is 0 Å². The standard InChI is InChI=1S/C55H106O17P2/c1-6-10-13-16-18-25-29-34-39-53(58)66-45-51(72-55(60)41-36-31-26-22-20-19-21-24-28-32-37-48(5)9-4)47-70-74(63,64)68-43-49(56)42-67-73(61,62)69-46-50(44-65-52(57)38-33-27-15-12-8-3)71-54(59)40-35-30-23-17-14-11-7-2/h48-51,56H,6-47H2,1-5H3,(H,61,62)(H,63,64)/t48?,49-,50+,51+/m0/s1. The molecule has 6 atom stereocenters. The van der Waals surface area contributed by atoms with E-state index in [0.29, 0.717) is 25.7 Å². The summed E-state index contributed by atoms with van der Waals surface area (Å²) in [4.78, 5) is 71.3. The smallest absolute Gasteiger partial charge is 0.462 e. The van der Waals surface area contributed by atoms with Crippen LogP contribution in [0.25, 0.3) is 0 Å². The fraction of sp³-hybridized carbons (Fsp3) is 0.927. The molecule has 0 saturated heterocycles. The Morgan fingerprint density at radius 1 is 0.378 bits per heavy atom. The summed E-state index contributed by atoms with van der Waals surface area (Å²) in [6.45, 7) is 6.99. The van der Waals surface area contributed by atoms with Crippen LogP contribution < -0.4 is 0 Å². The summed E-state index contributed by atoms with van der Waals surface area (Å²) in [7, 11) is -9.85. The van der Waals surface area contributed by atoms with E-state index in [0.717, 1.165) is 121 Å². The molecule has 0 saturated carbocycles. The summed E-state index contributed by atoms with van der Waals surface area (Å²) in [6, 6.07) is 0. The van der Waals surface area contributed by atoms with Gasteiger partial charge < -0.3 is 33.8 Å². The number of phosphoric ester groups is 2. The van der Waals surface area contributed by atoms with Crippen LogP contribution >= 0.6 is 15.6 Å². The zero-order valence-electron chi connectivity index (χ0n) is 47.0. The topological polar surface area (TPSA) is 237 Å². The summed E-state index contributed by atoms with van der Waals surface area (Å²) in [5.41, 5.74) is 0. The first-order chi connectivity index (χ1) is 35.6. The van der Waals surface area contributed by atoms with Crippen molar-refractivity contribution < 1.29 is 80.2 Å². The molecule has 438 valence electrons. The van der Waals surface area contributed by atoms with Crippen molar-refractivity contribution in [2.75, 3.05) is 39.6 Å². The predicted octanol–water partition coefficient (Wildman–Crippen LogP) is 14.3. The average Bonchev–Trinajstić information content (AvgIpc) is 3.37. The summed E-state index contributed by atoms with van der Waals surface area (Å²) < 4.78 is 67.3. The molecule has 0 heterocycles. The van der Waals surface area contributed by atoms with Gasteiger partial charge in [0.25, 0.3) is 0 Å². The Balaban J connectivity index is 5.15. The van der Waals surface area contributed by atoms with Gasteiger partial charge in [0.1, 0.15) is 19.3 Å². The van der Waals surface area contributed by atoms with Crippen molar-refractivity contribution in [2.24, 2.45) is 5.92 Å². The highest BCUT2D eigenvalue weighted by Gasteiger charge is 2.30. The maximum Gasteiger partial charge on any atom is 0.472 e. The lowest BCUT2D eigenvalue weighted by atomic mass is 9.99. The number of esters is 4. The quantitative estimate of drug-likeness (QED) is 0.0222. The van der Waals surface area contributed by atoms with E-state index in [2.05, 4.69) is 34.6 Å². The van der Waals surface area contributed by atoms with E-state index < -0.39 is 97.5 Å². The number of rotatable bonds is 55. The van der Waals surface area contributed by atoms with Gasteiger partial charge in [-0.1, -0.05) is 214 Å². The van der Waals surface area contributed by atoms with Crippen molar-refractivity contribution >= 4 is 39.5 Å². The molecule has 3 N–H and O–H groups in total. The van der Waals surface area contributed by atoms with Crippen LogP contribution in [0.1, 0.15) is 266 Å².